The third kappa shape index (κ3) is 6.73. The number of hydrogen-bond donors (Lipinski definition) is 0. The van der Waals surface area contributed by atoms with Crippen LogP contribution in [0.2, 0.25) is 0 Å². The highest BCUT2D eigenvalue weighted by Crippen LogP contribution is 2.38. The Hall–Kier alpha value is -1.56. The van der Waals surface area contributed by atoms with E-state index in [4.69, 9.17) is 0 Å². The van der Waals surface area contributed by atoms with Crippen LogP contribution in [0.5, 0.6) is 0 Å². The van der Waals surface area contributed by atoms with E-state index in [0.29, 0.717) is 0 Å². The highest BCUT2D eigenvalue weighted by Gasteiger charge is 2.26. The average Bonchev–Trinajstić information content (AvgIpc) is 2.75. The fourth-order valence-corrected chi connectivity index (χ4v) is 5.31. The van der Waals surface area contributed by atoms with Crippen molar-refractivity contribution in [1.82, 2.24) is 0 Å². The van der Waals surface area contributed by atoms with Gasteiger partial charge in [0.25, 0.3) is 0 Å². The van der Waals surface area contributed by atoms with Crippen molar-refractivity contribution in [1.29, 1.82) is 0 Å². The Morgan fingerprint density at radius 1 is 0.690 bits per heavy atom. The van der Waals surface area contributed by atoms with Gasteiger partial charge in [0.2, 0.25) is 0 Å². The number of aryl methyl sites for hydroxylation is 2. The van der Waals surface area contributed by atoms with Gasteiger partial charge in [0.1, 0.15) is 0 Å². The summed E-state index contributed by atoms with van der Waals surface area (Å²) in [6.07, 6.45) is 15.1. The van der Waals surface area contributed by atoms with Crippen molar-refractivity contribution in [2.45, 2.75) is 91.4 Å². The van der Waals surface area contributed by atoms with Crippen LogP contribution in [0.25, 0.3) is 11.1 Å². The molecule has 1 aliphatic carbocycles. The lowest BCUT2D eigenvalue weighted by Gasteiger charge is -2.34. The quantitative estimate of drug-likeness (QED) is 0.355. The first-order valence-electron chi connectivity index (χ1n) is 12.4. The van der Waals surface area contributed by atoms with Crippen molar-refractivity contribution in [3.05, 3.63) is 59.7 Å². The molecule has 1 fully saturated rings. The van der Waals surface area contributed by atoms with Crippen molar-refractivity contribution in [3.8, 4) is 11.1 Å². The normalized spacial score (nSPS) is 22.0. The van der Waals surface area contributed by atoms with E-state index in [-0.39, 0.29) is 0 Å². The van der Waals surface area contributed by atoms with Gasteiger partial charge in [-0.15, -0.1) is 0 Å². The molecule has 0 aromatic heterocycles. The topological polar surface area (TPSA) is 0 Å². The van der Waals surface area contributed by atoms with Gasteiger partial charge in [-0.3, -0.25) is 0 Å². The maximum atomic E-state index is 2.52. The summed E-state index contributed by atoms with van der Waals surface area (Å²) in [6.45, 7) is 7.07. The Labute approximate surface area is 180 Å². The first-order chi connectivity index (χ1) is 14.2. The Kier molecular flexibility index (Phi) is 8.84. The predicted octanol–water partition coefficient (Wildman–Crippen LogP) is 8.87. The standard InChI is InChI=1S/C29H42/c1-4-6-7-9-26-15-17-27(23(3)22-26)16-10-25-13-20-29(21-14-25)28-18-11-24(8-5-2)12-19-28/h11-14,18-21,23,26-27H,4-10,15-17,22H2,1-3H3. The Morgan fingerprint density at radius 3 is 1.86 bits per heavy atom. The van der Waals surface area contributed by atoms with Gasteiger partial charge in [0.05, 0.1) is 0 Å². The van der Waals surface area contributed by atoms with Crippen molar-refractivity contribution in [2.24, 2.45) is 17.8 Å². The molecule has 0 nitrogen and oxygen atoms in total. The highest BCUT2D eigenvalue weighted by atomic mass is 14.3. The van der Waals surface area contributed by atoms with E-state index >= 15 is 0 Å². The Morgan fingerprint density at radius 2 is 1.31 bits per heavy atom. The maximum Gasteiger partial charge on any atom is -0.0184 e. The van der Waals surface area contributed by atoms with Crippen molar-refractivity contribution >= 4 is 0 Å². The molecule has 2 aromatic rings. The van der Waals surface area contributed by atoms with E-state index in [1.54, 1.807) is 0 Å². The van der Waals surface area contributed by atoms with Gasteiger partial charge in [-0.1, -0.05) is 108 Å². The number of hydrogen-bond acceptors (Lipinski definition) is 0. The lowest BCUT2D eigenvalue weighted by molar-refractivity contribution is 0.175. The van der Waals surface area contributed by atoms with Crippen molar-refractivity contribution < 1.29 is 0 Å². The second-order valence-electron chi connectivity index (χ2n) is 9.59. The molecule has 2 aromatic carbocycles. The molecular formula is C29H42. The van der Waals surface area contributed by atoms with Crippen LogP contribution < -0.4 is 0 Å². The smallest absolute Gasteiger partial charge is 0.0184 e. The average molecular weight is 391 g/mol. The highest BCUT2D eigenvalue weighted by molar-refractivity contribution is 5.63. The summed E-state index contributed by atoms with van der Waals surface area (Å²) in [5, 5.41) is 0. The van der Waals surface area contributed by atoms with Crippen LogP contribution in [0.3, 0.4) is 0 Å². The molecule has 29 heavy (non-hydrogen) atoms. The van der Waals surface area contributed by atoms with E-state index in [9.17, 15) is 0 Å². The Bertz CT molecular complexity index is 694. The molecule has 1 saturated carbocycles. The molecule has 3 rings (SSSR count). The molecule has 0 aliphatic heterocycles. The molecule has 0 bridgehead atoms. The number of rotatable bonds is 10. The zero-order valence-corrected chi connectivity index (χ0v) is 19.1. The zero-order chi connectivity index (χ0) is 20.5. The van der Waals surface area contributed by atoms with Gasteiger partial charge >= 0.3 is 0 Å². The summed E-state index contributed by atoms with van der Waals surface area (Å²) >= 11 is 0. The summed E-state index contributed by atoms with van der Waals surface area (Å²) < 4.78 is 0. The fourth-order valence-electron chi connectivity index (χ4n) is 5.31. The van der Waals surface area contributed by atoms with Gasteiger partial charge in [-0.25, -0.2) is 0 Å². The maximum absolute atomic E-state index is 2.52. The molecule has 3 unspecified atom stereocenters. The summed E-state index contributed by atoms with van der Waals surface area (Å²) in [5.74, 6) is 2.86. The van der Waals surface area contributed by atoms with E-state index in [0.717, 1.165) is 17.8 Å². The summed E-state index contributed by atoms with van der Waals surface area (Å²) in [7, 11) is 0. The van der Waals surface area contributed by atoms with Gasteiger partial charge < -0.3 is 0 Å². The second-order valence-corrected chi connectivity index (χ2v) is 9.59. The SMILES string of the molecule is CCCCCC1CCC(CCc2ccc(-c3ccc(CCC)cc3)cc2)C(C)C1. The van der Waals surface area contributed by atoms with Crippen LogP contribution in [-0.2, 0) is 12.8 Å². The molecule has 0 spiro atoms. The van der Waals surface area contributed by atoms with Gasteiger partial charge in [0.15, 0.2) is 0 Å². The summed E-state index contributed by atoms with van der Waals surface area (Å²) in [6, 6.07) is 18.5. The lowest BCUT2D eigenvalue weighted by atomic mass is 9.71. The molecule has 0 amide bonds. The molecule has 3 atom stereocenters. The largest absolute Gasteiger partial charge is 0.0654 e. The number of unbranched alkanes of at least 4 members (excludes halogenated alkanes) is 2. The molecular weight excluding hydrogens is 348 g/mol. The number of benzene rings is 2. The van der Waals surface area contributed by atoms with Gasteiger partial charge in [-0.05, 0) is 72.1 Å². The van der Waals surface area contributed by atoms with Crippen molar-refractivity contribution in [3.63, 3.8) is 0 Å². The zero-order valence-electron chi connectivity index (χ0n) is 19.1. The predicted molar refractivity (Wildman–Crippen MR) is 128 cm³/mol. The minimum Gasteiger partial charge on any atom is -0.0654 e. The van der Waals surface area contributed by atoms with Crippen LogP contribution >= 0.6 is 0 Å². The molecule has 158 valence electrons. The molecule has 0 N–H and O–H groups in total. The summed E-state index contributed by atoms with van der Waals surface area (Å²) in [5.41, 5.74) is 5.64. The molecule has 0 heteroatoms. The minimum absolute atomic E-state index is 0.913. The monoisotopic (exact) mass is 390 g/mol. The van der Waals surface area contributed by atoms with E-state index in [1.165, 1.54) is 92.9 Å². The molecule has 0 saturated heterocycles. The van der Waals surface area contributed by atoms with Crippen LogP contribution in [0, 0.1) is 17.8 Å². The molecule has 1 aliphatic rings. The molecule has 0 radical (unpaired) electrons. The second kappa shape index (κ2) is 11.6. The van der Waals surface area contributed by atoms with Crippen LogP contribution in [0.15, 0.2) is 48.5 Å². The van der Waals surface area contributed by atoms with Crippen molar-refractivity contribution in [2.75, 3.05) is 0 Å². The first-order valence-corrected chi connectivity index (χ1v) is 12.4. The lowest BCUT2D eigenvalue weighted by Crippen LogP contribution is -2.23. The fraction of sp³-hybridized carbons (Fsp3) is 0.586. The summed E-state index contributed by atoms with van der Waals surface area (Å²) in [4.78, 5) is 0. The third-order valence-electron chi connectivity index (χ3n) is 7.26. The first kappa shape index (κ1) is 22.1. The van der Waals surface area contributed by atoms with Crippen LogP contribution in [0.4, 0.5) is 0 Å². The van der Waals surface area contributed by atoms with E-state index < -0.39 is 0 Å². The van der Waals surface area contributed by atoms with Crippen LogP contribution in [0.1, 0.15) is 89.7 Å². The van der Waals surface area contributed by atoms with Gasteiger partial charge in [-0.2, -0.15) is 0 Å². The Balaban J connectivity index is 1.46. The van der Waals surface area contributed by atoms with Crippen LogP contribution in [-0.4, -0.2) is 0 Å². The van der Waals surface area contributed by atoms with Gasteiger partial charge in [0, 0.05) is 0 Å². The van der Waals surface area contributed by atoms with E-state index in [2.05, 4.69) is 69.3 Å². The van der Waals surface area contributed by atoms with E-state index in [1.807, 2.05) is 0 Å². The minimum atomic E-state index is 0.913. The molecule has 0 heterocycles. The third-order valence-corrected chi connectivity index (χ3v) is 7.26.